The largest absolute Gasteiger partial charge is 0.480 e. The molecule has 0 saturated carbocycles. The summed E-state index contributed by atoms with van der Waals surface area (Å²) < 4.78 is 0. The maximum absolute atomic E-state index is 11.2. The van der Waals surface area contributed by atoms with Gasteiger partial charge in [-0.3, -0.25) is 20.2 Å². The molecular formula is C12H15N3O6. The van der Waals surface area contributed by atoms with E-state index in [0.717, 1.165) is 6.07 Å². The normalized spacial score (nSPS) is 13.2. The standard InChI is InChI=1S/C12H15N3O6/c1-3-7(2)10(12(16)17)13-8-5-4-6-9(14(18)19)11(8)15(20)21/h4-7,10,13H,3H2,1-2H3,(H,16,17)/t7?,10-/m0/s1. The summed E-state index contributed by atoms with van der Waals surface area (Å²) in [5.41, 5.74) is -1.60. The topological polar surface area (TPSA) is 136 Å². The Morgan fingerprint density at radius 2 is 1.95 bits per heavy atom. The molecule has 9 nitrogen and oxygen atoms in total. The second-order valence-corrected chi connectivity index (χ2v) is 4.53. The Labute approximate surface area is 119 Å². The zero-order valence-electron chi connectivity index (χ0n) is 11.5. The number of nitro benzene ring substituents is 2. The van der Waals surface area contributed by atoms with Crippen LogP contribution in [0.3, 0.4) is 0 Å². The van der Waals surface area contributed by atoms with Gasteiger partial charge >= 0.3 is 17.3 Å². The average molecular weight is 297 g/mol. The molecule has 0 heterocycles. The second kappa shape index (κ2) is 6.64. The molecule has 0 amide bonds. The highest BCUT2D eigenvalue weighted by Crippen LogP contribution is 2.35. The molecule has 1 aromatic rings. The third-order valence-electron chi connectivity index (χ3n) is 3.18. The van der Waals surface area contributed by atoms with E-state index in [1.165, 1.54) is 12.1 Å². The summed E-state index contributed by atoms with van der Waals surface area (Å²) >= 11 is 0. The third-order valence-corrected chi connectivity index (χ3v) is 3.18. The molecule has 2 atom stereocenters. The Morgan fingerprint density at radius 3 is 2.38 bits per heavy atom. The fourth-order valence-electron chi connectivity index (χ4n) is 1.84. The van der Waals surface area contributed by atoms with E-state index in [9.17, 15) is 30.1 Å². The number of aliphatic carboxylic acids is 1. The van der Waals surface area contributed by atoms with Crippen LogP contribution in [-0.4, -0.2) is 27.0 Å². The molecule has 0 aliphatic carbocycles. The Morgan fingerprint density at radius 1 is 1.33 bits per heavy atom. The van der Waals surface area contributed by atoms with Crippen molar-refractivity contribution in [1.82, 2.24) is 0 Å². The van der Waals surface area contributed by atoms with Gasteiger partial charge in [-0.1, -0.05) is 26.3 Å². The van der Waals surface area contributed by atoms with E-state index in [2.05, 4.69) is 5.32 Å². The lowest BCUT2D eigenvalue weighted by molar-refractivity contribution is -0.421. The van der Waals surface area contributed by atoms with Gasteiger partial charge in [-0.2, -0.15) is 0 Å². The van der Waals surface area contributed by atoms with Gasteiger partial charge in [-0.25, -0.2) is 4.79 Å². The first kappa shape index (κ1) is 16.3. The number of nitrogens with one attached hydrogen (secondary N) is 1. The van der Waals surface area contributed by atoms with Gasteiger partial charge in [0.25, 0.3) is 0 Å². The number of nitrogens with zero attached hydrogens (tertiary/aromatic N) is 2. The number of hydrogen-bond acceptors (Lipinski definition) is 6. The van der Waals surface area contributed by atoms with Gasteiger partial charge < -0.3 is 10.4 Å². The predicted octanol–water partition coefficient (Wildman–Crippen LogP) is 2.41. The molecule has 0 aliphatic rings. The smallest absolute Gasteiger partial charge is 0.368 e. The Bertz CT molecular complexity index is 574. The minimum absolute atomic E-state index is 0.179. The predicted molar refractivity (Wildman–Crippen MR) is 74.3 cm³/mol. The second-order valence-electron chi connectivity index (χ2n) is 4.53. The van der Waals surface area contributed by atoms with Crippen LogP contribution in [0.2, 0.25) is 0 Å². The first-order chi connectivity index (χ1) is 9.79. The van der Waals surface area contributed by atoms with Crippen LogP contribution in [-0.2, 0) is 4.79 Å². The van der Waals surface area contributed by atoms with Crippen LogP contribution >= 0.6 is 0 Å². The first-order valence-electron chi connectivity index (χ1n) is 6.20. The molecule has 0 fully saturated rings. The molecule has 0 radical (unpaired) electrons. The van der Waals surface area contributed by atoms with Crippen LogP contribution in [0.25, 0.3) is 0 Å². The lowest BCUT2D eigenvalue weighted by atomic mass is 9.99. The van der Waals surface area contributed by atoms with Crippen molar-refractivity contribution >= 4 is 23.0 Å². The van der Waals surface area contributed by atoms with Gasteiger partial charge in [-0.05, 0) is 12.0 Å². The first-order valence-corrected chi connectivity index (χ1v) is 6.20. The number of para-hydroxylation sites is 1. The number of carboxylic acid groups (broad SMARTS) is 1. The molecule has 0 saturated heterocycles. The fourth-order valence-corrected chi connectivity index (χ4v) is 1.84. The van der Waals surface area contributed by atoms with Crippen molar-refractivity contribution in [3.63, 3.8) is 0 Å². The maximum atomic E-state index is 11.2. The lowest BCUT2D eigenvalue weighted by Gasteiger charge is -2.20. The van der Waals surface area contributed by atoms with Crippen molar-refractivity contribution < 1.29 is 19.7 Å². The van der Waals surface area contributed by atoms with E-state index in [1.807, 2.05) is 0 Å². The molecule has 2 N–H and O–H groups in total. The van der Waals surface area contributed by atoms with E-state index in [1.54, 1.807) is 13.8 Å². The summed E-state index contributed by atoms with van der Waals surface area (Å²) in [5, 5.41) is 33.6. The van der Waals surface area contributed by atoms with E-state index in [-0.39, 0.29) is 11.6 Å². The quantitative estimate of drug-likeness (QED) is 0.582. The monoisotopic (exact) mass is 297 g/mol. The molecule has 1 unspecified atom stereocenters. The molecule has 0 spiro atoms. The SMILES string of the molecule is CCC(C)[C@H](Nc1cccc([N+](=O)[O-])c1[N+](=O)[O-])C(=O)O. The number of hydrogen-bond donors (Lipinski definition) is 2. The Hall–Kier alpha value is -2.71. The van der Waals surface area contributed by atoms with Crippen LogP contribution in [0.5, 0.6) is 0 Å². The number of benzene rings is 1. The summed E-state index contributed by atoms with van der Waals surface area (Å²) in [4.78, 5) is 31.4. The van der Waals surface area contributed by atoms with Gasteiger partial charge in [-0.15, -0.1) is 0 Å². The summed E-state index contributed by atoms with van der Waals surface area (Å²) in [6, 6.07) is 2.45. The van der Waals surface area contributed by atoms with Gasteiger partial charge in [0.05, 0.1) is 9.85 Å². The van der Waals surface area contributed by atoms with Gasteiger partial charge in [0.15, 0.2) is 0 Å². The van der Waals surface area contributed by atoms with Crippen LogP contribution in [0.1, 0.15) is 20.3 Å². The van der Waals surface area contributed by atoms with Crippen molar-refractivity contribution in [2.75, 3.05) is 5.32 Å². The third kappa shape index (κ3) is 3.65. The molecular weight excluding hydrogens is 282 g/mol. The molecule has 9 heteroatoms. The lowest BCUT2D eigenvalue weighted by Crippen LogP contribution is -2.35. The number of rotatable bonds is 7. The Kier molecular flexibility index (Phi) is 5.17. The average Bonchev–Trinajstić information content (AvgIpc) is 2.42. The van der Waals surface area contributed by atoms with Gasteiger partial charge in [0.2, 0.25) is 0 Å². The molecule has 0 aromatic heterocycles. The zero-order valence-corrected chi connectivity index (χ0v) is 11.5. The number of nitro groups is 2. The minimum atomic E-state index is -1.18. The summed E-state index contributed by atoms with van der Waals surface area (Å²) in [6.45, 7) is 3.46. The molecule has 0 bridgehead atoms. The van der Waals surface area contributed by atoms with Crippen LogP contribution in [0.15, 0.2) is 18.2 Å². The van der Waals surface area contributed by atoms with Crippen molar-refractivity contribution in [1.29, 1.82) is 0 Å². The van der Waals surface area contributed by atoms with Crippen LogP contribution in [0.4, 0.5) is 17.1 Å². The highest BCUT2D eigenvalue weighted by atomic mass is 16.6. The highest BCUT2D eigenvalue weighted by Gasteiger charge is 2.32. The number of carboxylic acids is 1. The molecule has 114 valence electrons. The van der Waals surface area contributed by atoms with Gasteiger partial charge in [0, 0.05) is 6.07 Å². The number of anilines is 1. The van der Waals surface area contributed by atoms with Crippen LogP contribution < -0.4 is 5.32 Å². The maximum Gasteiger partial charge on any atom is 0.368 e. The zero-order chi connectivity index (χ0) is 16.2. The summed E-state index contributed by atoms with van der Waals surface area (Å²) in [6.07, 6.45) is 0.534. The van der Waals surface area contributed by atoms with Crippen molar-refractivity contribution in [3.05, 3.63) is 38.4 Å². The Balaban J connectivity index is 3.30. The van der Waals surface area contributed by atoms with E-state index in [4.69, 9.17) is 0 Å². The van der Waals surface area contributed by atoms with Crippen molar-refractivity contribution in [3.8, 4) is 0 Å². The molecule has 1 rings (SSSR count). The summed E-state index contributed by atoms with van der Waals surface area (Å²) in [5.74, 6) is -1.48. The highest BCUT2D eigenvalue weighted by molar-refractivity contribution is 5.81. The molecule has 1 aromatic carbocycles. The van der Waals surface area contributed by atoms with Gasteiger partial charge in [0.1, 0.15) is 11.7 Å². The molecule has 21 heavy (non-hydrogen) atoms. The van der Waals surface area contributed by atoms with E-state index in [0.29, 0.717) is 6.42 Å². The van der Waals surface area contributed by atoms with Crippen molar-refractivity contribution in [2.45, 2.75) is 26.3 Å². The van der Waals surface area contributed by atoms with E-state index < -0.39 is 33.2 Å². The summed E-state index contributed by atoms with van der Waals surface area (Å²) in [7, 11) is 0. The fraction of sp³-hybridized carbons (Fsp3) is 0.417. The number of carbonyl (C=O) groups is 1. The van der Waals surface area contributed by atoms with Crippen LogP contribution in [0, 0.1) is 26.1 Å². The van der Waals surface area contributed by atoms with E-state index >= 15 is 0 Å². The molecule has 0 aliphatic heterocycles. The van der Waals surface area contributed by atoms with Crippen molar-refractivity contribution in [2.24, 2.45) is 5.92 Å². The minimum Gasteiger partial charge on any atom is -0.480 e.